The van der Waals surface area contributed by atoms with Crippen LogP contribution in [-0.2, 0) is 13.6 Å². The van der Waals surface area contributed by atoms with E-state index in [0.29, 0.717) is 40.6 Å². The molecule has 9 heteroatoms. The number of aromatic nitrogens is 6. The Morgan fingerprint density at radius 3 is 2.81 bits per heavy atom. The molecule has 1 amide bonds. The highest BCUT2D eigenvalue weighted by atomic mass is 16.3. The van der Waals surface area contributed by atoms with Crippen LogP contribution in [0.2, 0.25) is 0 Å². The molecule has 0 fully saturated rings. The first-order valence-corrected chi connectivity index (χ1v) is 8.48. The predicted octanol–water partition coefficient (Wildman–Crippen LogP) is 1.96. The van der Waals surface area contributed by atoms with E-state index in [1.165, 1.54) is 0 Å². The van der Waals surface area contributed by atoms with Gasteiger partial charge in [0.1, 0.15) is 17.2 Å². The van der Waals surface area contributed by atoms with Crippen LogP contribution < -0.4 is 5.73 Å². The Balaban J connectivity index is 1.91. The number of aromatic amines is 1. The van der Waals surface area contributed by atoms with Gasteiger partial charge in [-0.05, 0) is 26.0 Å². The van der Waals surface area contributed by atoms with Crippen LogP contribution in [0.25, 0.3) is 33.7 Å². The van der Waals surface area contributed by atoms with E-state index in [9.17, 15) is 9.90 Å². The van der Waals surface area contributed by atoms with Crippen LogP contribution >= 0.6 is 0 Å². The average molecular weight is 365 g/mol. The minimum absolute atomic E-state index is 0.115. The van der Waals surface area contributed by atoms with Crippen molar-refractivity contribution in [3.05, 3.63) is 35.8 Å². The van der Waals surface area contributed by atoms with Gasteiger partial charge in [0, 0.05) is 30.1 Å². The predicted molar refractivity (Wildman–Crippen MR) is 100 cm³/mol. The number of hydrogen-bond donors (Lipinski definition) is 3. The molecule has 0 spiro atoms. The van der Waals surface area contributed by atoms with E-state index < -0.39 is 5.91 Å². The molecule has 4 N–H and O–H groups in total. The van der Waals surface area contributed by atoms with Crippen molar-refractivity contribution in [2.24, 2.45) is 12.8 Å². The Kier molecular flexibility index (Phi) is 3.72. The smallest absolute Gasteiger partial charge is 0.248 e. The van der Waals surface area contributed by atoms with Crippen molar-refractivity contribution in [1.29, 1.82) is 0 Å². The zero-order valence-electron chi connectivity index (χ0n) is 15.2. The first-order chi connectivity index (χ1) is 12.9. The highest BCUT2D eigenvalue weighted by Gasteiger charge is 2.20. The standard InChI is InChI=1S/C18H19N7O2/c1-4-25-15(16(26)9(2)23-25)13-8-20-18(22-13)11-5-10(17(19)27)6-14-12(11)7-21-24(14)3/h5-8,26H,4H2,1-3H3,(H2,19,27)(H,20,22). The second-order valence-corrected chi connectivity index (χ2v) is 6.33. The molecule has 0 saturated carbocycles. The fourth-order valence-corrected chi connectivity index (χ4v) is 3.23. The number of amides is 1. The normalized spacial score (nSPS) is 11.4. The van der Waals surface area contributed by atoms with Crippen molar-refractivity contribution >= 4 is 16.8 Å². The molecule has 3 aromatic heterocycles. The maximum atomic E-state index is 11.7. The Morgan fingerprint density at radius 2 is 2.11 bits per heavy atom. The van der Waals surface area contributed by atoms with Crippen LogP contribution in [-0.4, -0.2) is 40.5 Å². The van der Waals surface area contributed by atoms with Crippen LogP contribution in [0.5, 0.6) is 5.75 Å². The fourth-order valence-electron chi connectivity index (χ4n) is 3.23. The van der Waals surface area contributed by atoms with Crippen LogP contribution in [0.4, 0.5) is 0 Å². The number of rotatable bonds is 4. The zero-order chi connectivity index (χ0) is 19.3. The lowest BCUT2D eigenvalue weighted by Crippen LogP contribution is -2.11. The fraction of sp³-hybridized carbons (Fsp3) is 0.222. The molecule has 4 aromatic rings. The highest BCUT2D eigenvalue weighted by Crippen LogP contribution is 2.34. The summed E-state index contributed by atoms with van der Waals surface area (Å²) in [5, 5.41) is 19.8. The number of H-pyrrole nitrogens is 1. The third-order valence-corrected chi connectivity index (χ3v) is 4.63. The summed E-state index contributed by atoms with van der Waals surface area (Å²) in [5.41, 5.74) is 9.09. The van der Waals surface area contributed by atoms with Gasteiger partial charge in [0.25, 0.3) is 0 Å². The molecular formula is C18H19N7O2. The lowest BCUT2D eigenvalue weighted by atomic mass is 10.1. The van der Waals surface area contributed by atoms with Gasteiger partial charge in [-0.2, -0.15) is 10.2 Å². The summed E-state index contributed by atoms with van der Waals surface area (Å²) < 4.78 is 3.39. The van der Waals surface area contributed by atoms with Crippen LogP contribution in [0.1, 0.15) is 23.0 Å². The summed E-state index contributed by atoms with van der Waals surface area (Å²) in [6.45, 7) is 4.30. The number of nitrogens with zero attached hydrogens (tertiary/aromatic N) is 5. The molecule has 0 aliphatic carbocycles. The van der Waals surface area contributed by atoms with Crippen LogP contribution in [0.15, 0.2) is 24.5 Å². The highest BCUT2D eigenvalue weighted by molar-refractivity contribution is 6.02. The molecule has 0 aliphatic heterocycles. The summed E-state index contributed by atoms with van der Waals surface area (Å²) in [7, 11) is 1.80. The van der Waals surface area contributed by atoms with Crippen molar-refractivity contribution in [3.63, 3.8) is 0 Å². The van der Waals surface area contributed by atoms with Crippen LogP contribution in [0.3, 0.4) is 0 Å². The average Bonchev–Trinajstić information content (AvgIpc) is 3.33. The number of nitrogens with one attached hydrogen (secondary N) is 1. The second-order valence-electron chi connectivity index (χ2n) is 6.33. The lowest BCUT2D eigenvalue weighted by Gasteiger charge is -2.05. The number of primary amides is 1. The number of nitrogens with two attached hydrogens (primary N) is 1. The van der Waals surface area contributed by atoms with Gasteiger partial charge in [0.15, 0.2) is 5.75 Å². The van der Waals surface area contributed by atoms with E-state index in [1.807, 2.05) is 6.92 Å². The summed E-state index contributed by atoms with van der Waals surface area (Å²) in [6.07, 6.45) is 3.35. The molecule has 138 valence electrons. The Hall–Kier alpha value is -3.62. The van der Waals surface area contributed by atoms with E-state index in [-0.39, 0.29) is 5.75 Å². The van der Waals surface area contributed by atoms with Crippen LogP contribution in [0, 0.1) is 6.92 Å². The van der Waals surface area contributed by atoms with Crippen molar-refractivity contribution in [2.75, 3.05) is 0 Å². The van der Waals surface area contributed by atoms with Crippen molar-refractivity contribution in [3.8, 4) is 28.5 Å². The van der Waals surface area contributed by atoms with Gasteiger partial charge in [0.2, 0.25) is 5.91 Å². The molecule has 0 radical (unpaired) electrons. The number of aryl methyl sites for hydroxylation is 3. The minimum atomic E-state index is -0.525. The van der Waals surface area contributed by atoms with Gasteiger partial charge in [-0.15, -0.1) is 0 Å². The van der Waals surface area contributed by atoms with E-state index in [2.05, 4.69) is 20.2 Å². The number of benzene rings is 1. The number of imidazole rings is 1. The molecule has 27 heavy (non-hydrogen) atoms. The number of fused-ring (bicyclic) bond motifs is 1. The SMILES string of the molecule is CCn1nc(C)c(O)c1-c1cnc(-c2cc(C(N)=O)cc3c2cnn3C)[nH]1. The van der Waals surface area contributed by atoms with Crippen molar-refractivity contribution in [2.45, 2.75) is 20.4 Å². The zero-order valence-corrected chi connectivity index (χ0v) is 15.2. The Bertz CT molecular complexity index is 1180. The molecule has 9 nitrogen and oxygen atoms in total. The maximum Gasteiger partial charge on any atom is 0.248 e. The van der Waals surface area contributed by atoms with E-state index in [4.69, 9.17) is 5.73 Å². The lowest BCUT2D eigenvalue weighted by molar-refractivity contribution is 0.100. The summed E-state index contributed by atoms with van der Waals surface area (Å²) in [6, 6.07) is 3.40. The summed E-state index contributed by atoms with van der Waals surface area (Å²) >= 11 is 0. The first kappa shape index (κ1) is 16.8. The largest absolute Gasteiger partial charge is 0.504 e. The van der Waals surface area contributed by atoms with Gasteiger partial charge in [-0.3, -0.25) is 14.2 Å². The molecule has 0 aliphatic rings. The molecule has 0 saturated heterocycles. The van der Waals surface area contributed by atoms with Gasteiger partial charge in [-0.1, -0.05) is 0 Å². The Labute approximate surface area is 154 Å². The van der Waals surface area contributed by atoms with Gasteiger partial charge < -0.3 is 15.8 Å². The second kappa shape index (κ2) is 5.97. The molecule has 0 bridgehead atoms. The molecule has 3 heterocycles. The summed E-state index contributed by atoms with van der Waals surface area (Å²) in [5.74, 6) is 0.139. The molecule has 0 unspecified atom stereocenters. The van der Waals surface area contributed by atoms with Gasteiger partial charge in [-0.25, -0.2) is 4.98 Å². The number of aromatic hydroxyl groups is 1. The Morgan fingerprint density at radius 1 is 1.33 bits per heavy atom. The first-order valence-electron chi connectivity index (χ1n) is 8.48. The number of carbonyl (C=O) groups is 1. The third kappa shape index (κ3) is 2.55. The maximum absolute atomic E-state index is 11.7. The van der Waals surface area contributed by atoms with Crippen molar-refractivity contribution in [1.82, 2.24) is 29.5 Å². The topological polar surface area (TPSA) is 128 Å². The van der Waals surface area contributed by atoms with Gasteiger partial charge >= 0.3 is 0 Å². The van der Waals surface area contributed by atoms with E-state index in [0.717, 1.165) is 10.9 Å². The quantitative estimate of drug-likeness (QED) is 0.509. The minimum Gasteiger partial charge on any atom is -0.504 e. The summed E-state index contributed by atoms with van der Waals surface area (Å²) in [4.78, 5) is 19.4. The van der Waals surface area contributed by atoms with E-state index >= 15 is 0 Å². The van der Waals surface area contributed by atoms with Gasteiger partial charge in [0.05, 0.1) is 23.6 Å². The third-order valence-electron chi connectivity index (χ3n) is 4.63. The number of hydrogen-bond acceptors (Lipinski definition) is 5. The molecule has 1 aromatic carbocycles. The molecule has 4 rings (SSSR count). The number of carbonyl (C=O) groups excluding carboxylic acids is 1. The molecular weight excluding hydrogens is 346 g/mol. The van der Waals surface area contributed by atoms with Crippen molar-refractivity contribution < 1.29 is 9.90 Å². The van der Waals surface area contributed by atoms with E-state index in [1.54, 1.807) is 47.9 Å². The molecule has 0 atom stereocenters. The monoisotopic (exact) mass is 365 g/mol.